The predicted molar refractivity (Wildman–Crippen MR) is 234 cm³/mol. The Morgan fingerprint density at radius 2 is 1.28 bits per heavy atom. The van der Waals surface area contributed by atoms with Crippen LogP contribution in [0.25, 0.3) is 0 Å². The van der Waals surface area contributed by atoms with Crippen LogP contribution in [-0.2, 0) is 42.7 Å². The van der Waals surface area contributed by atoms with Gasteiger partial charge in [-0.2, -0.15) is 0 Å². The molecule has 18 heteroatoms. The molecule has 0 bridgehead atoms. The fourth-order valence-corrected chi connectivity index (χ4v) is 15.1. The number of ether oxygens (including phenoxy) is 7. The summed E-state index contributed by atoms with van der Waals surface area (Å²) in [5.74, 6) is -0.834. The van der Waals surface area contributed by atoms with E-state index in [1.807, 2.05) is 0 Å². The quantitative estimate of drug-likeness (QED) is 0.0896. The third-order valence-corrected chi connectivity index (χ3v) is 19.2. The zero-order chi connectivity index (χ0) is 49.0. The summed E-state index contributed by atoms with van der Waals surface area (Å²) in [5.41, 5.74) is -0.589. The Bertz CT molecular complexity index is 1860. The first-order chi connectivity index (χ1) is 31.3. The molecule has 18 nitrogen and oxygen atoms in total. The first-order valence-electron chi connectivity index (χ1n) is 24.6. The number of carbonyl (C=O) groups excluding carboxylic acids is 2. The number of aliphatic hydroxyl groups is 9. The summed E-state index contributed by atoms with van der Waals surface area (Å²) in [4.78, 5) is 27.3. The van der Waals surface area contributed by atoms with E-state index in [0.29, 0.717) is 19.3 Å². The Morgan fingerprint density at radius 1 is 0.672 bits per heavy atom. The third-order valence-electron chi connectivity index (χ3n) is 19.2. The summed E-state index contributed by atoms with van der Waals surface area (Å²) in [6, 6.07) is 0. The van der Waals surface area contributed by atoms with Crippen LogP contribution in [0.5, 0.6) is 0 Å². The summed E-state index contributed by atoms with van der Waals surface area (Å²) in [5, 5.41) is 94.0. The van der Waals surface area contributed by atoms with E-state index in [4.69, 9.17) is 33.2 Å². The van der Waals surface area contributed by atoms with Crippen molar-refractivity contribution in [2.24, 2.45) is 50.2 Å². The summed E-state index contributed by atoms with van der Waals surface area (Å²) < 4.78 is 41.9. The van der Waals surface area contributed by atoms with Crippen LogP contribution in [0.2, 0.25) is 0 Å². The van der Waals surface area contributed by atoms with E-state index in [2.05, 4.69) is 54.5 Å². The van der Waals surface area contributed by atoms with Crippen molar-refractivity contribution in [1.82, 2.24) is 0 Å². The molecule has 9 N–H and O–H groups in total. The average molecular weight is 955 g/mol. The third kappa shape index (κ3) is 8.35. The highest BCUT2D eigenvalue weighted by Crippen LogP contribution is 2.76. The van der Waals surface area contributed by atoms with Gasteiger partial charge in [0.25, 0.3) is 0 Å². The molecule has 0 radical (unpaired) electrons. The Labute approximate surface area is 393 Å². The van der Waals surface area contributed by atoms with E-state index in [1.54, 1.807) is 0 Å². The molecule has 0 aromatic heterocycles. The molecule has 382 valence electrons. The summed E-state index contributed by atoms with van der Waals surface area (Å²) in [7, 11) is 0. The predicted octanol–water partition coefficient (Wildman–Crippen LogP) is 1.35. The van der Waals surface area contributed by atoms with Crippen molar-refractivity contribution < 1.29 is 88.7 Å². The maximum absolute atomic E-state index is 14.7. The number of esters is 2. The van der Waals surface area contributed by atoms with E-state index >= 15 is 0 Å². The minimum absolute atomic E-state index is 0.0544. The molecule has 22 atom stereocenters. The highest BCUT2D eigenvalue weighted by molar-refractivity contribution is 5.79. The van der Waals surface area contributed by atoms with Gasteiger partial charge in [-0.1, -0.05) is 60.1 Å². The van der Waals surface area contributed by atoms with E-state index in [0.717, 1.165) is 44.9 Å². The van der Waals surface area contributed by atoms with Crippen molar-refractivity contribution in [3.05, 3.63) is 11.6 Å². The monoisotopic (exact) mass is 955 g/mol. The molecule has 0 spiro atoms. The number of hydrogen-bond acceptors (Lipinski definition) is 18. The highest BCUT2D eigenvalue weighted by Gasteiger charge is 2.70. The molecule has 3 aliphatic heterocycles. The molecule has 8 aliphatic rings. The van der Waals surface area contributed by atoms with Crippen LogP contribution < -0.4 is 0 Å². The molecule has 5 aliphatic carbocycles. The molecule has 7 fully saturated rings. The van der Waals surface area contributed by atoms with E-state index in [9.17, 15) is 55.5 Å². The van der Waals surface area contributed by atoms with Crippen molar-refractivity contribution in [2.45, 2.75) is 212 Å². The van der Waals surface area contributed by atoms with Crippen LogP contribution in [-0.4, -0.2) is 170 Å². The van der Waals surface area contributed by atoms with Crippen LogP contribution in [0.4, 0.5) is 0 Å². The van der Waals surface area contributed by atoms with Gasteiger partial charge in [0.15, 0.2) is 18.7 Å². The van der Waals surface area contributed by atoms with E-state index < -0.39 is 122 Å². The van der Waals surface area contributed by atoms with Gasteiger partial charge in [-0.25, -0.2) is 0 Å². The maximum Gasteiger partial charge on any atom is 0.315 e. The zero-order valence-electron chi connectivity index (χ0n) is 40.4. The largest absolute Gasteiger partial charge is 0.454 e. The Hall–Kier alpha value is -1.88. The number of rotatable bonds is 9. The Balaban J connectivity index is 1.03. The number of hydrogen-bond donors (Lipinski definition) is 9. The molecule has 0 aromatic rings. The molecule has 3 saturated heterocycles. The van der Waals surface area contributed by atoms with E-state index in [-0.39, 0.29) is 52.1 Å². The van der Waals surface area contributed by atoms with Gasteiger partial charge in [-0.15, -0.1) is 0 Å². The maximum atomic E-state index is 14.7. The van der Waals surface area contributed by atoms with Crippen LogP contribution >= 0.6 is 0 Å². The van der Waals surface area contributed by atoms with Gasteiger partial charge in [0.05, 0.1) is 31.3 Å². The van der Waals surface area contributed by atoms with Crippen molar-refractivity contribution in [2.75, 3.05) is 19.8 Å². The molecule has 0 amide bonds. The Morgan fingerprint density at radius 3 is 1.91 bits per heavy atom. The smallest absolute Gasteiger partial charge is 0.315 e. The lowest BCUT2D eigenvalue weighted by Crippen LogP contribution is -2.66. The minimum atomic E-state index is -1.75. The van der Waals surface area contributed by atoms with Crippen LogP contribution in [0.15, 0.2) is 11.6 Å². The van der Waals surface area contributed by atoms with Crippen molar-refractivity contribution >= 4 is 11.9 Å². The number of allylic oxidation sites excluding steroid dienone is 2. The van der Waals surface area contributed by atoms with Crippen molar-refractivity contribution in [3.63, 3.8) is 0 Å². The second kappa shape index (κ2) is 18.3. The van der Waals surface area contributed by atoms with E-state index in [1.165, 1.54) is 12.5 Å². The summed E-state index contributed by atoms with van der Waals surface area (Å²) in [6.07, 6.45) is -11.1. The first kappa shape index (κ1) is 51.5. The Kier molecular flexibility index (Phi) is 14.1. The second-order valence-corrected chi connectivity index (χ2v) is 23.6. The minimum Gasteiger partial charge on any atom is -0.454 e. The lowest BCUT2D eigenvalue weighted by atomic mass is 9.33. The normalized spacial score (nSPS) is 51.4. The molecular formula is C49H78O18. The van der Waals surface area contributed by atoms with Crippen LogP contribution in [0, 0.1) is 50.2 Å². The number of carbonyl (C=O) groups is 2. The molecule has 67 heavy (non-hydrogen) atoms. The standard InChI is InChI=1S/C49H78O18/c1-23(52)62-39-38(66-40-36(58)34(56)32(54)27(20-50)63-40)26(53)22-61-42(39)65-31-12-13-46(6)29(45(31,4)5)11-14-48(8)30(46)10-9-24-25-19-44(2,3)15-17-49(25,18-16-47(24,48)7)43(60)67-41-37(59)35(57)33(55)28(21-51)64-41/h9,25-42,50-51,53-59H,10-22H2,1-8H3. The molecule has 4 saturated carbocycles. The fourth-order valence-electron chi connectivity index (χ4n) is 15.1. The van der Waals surface area contributed by atoms with Gasteiger partial charge in [-0.05, 0) is 109 Å². The van der Waals surface area contributed by atoms with Crippen molar-refractivity contribution in [3.8, 4) is 0 Å². The molecular weight excluding hydrogens is 877 g/mol. The van der Waals surface area contributed by atoms with Gasteiger partial charge in [0.2, 0.25) is 6.29 Å². The molecule has 3 heterocycles. The topological polar surface area (TPSA) is 281 Å². The van der Waals surface area contributed by atoms with Crippen LogP contribution in [0.1, 0.15) is 120 Å². The number of aliphatic hydroxyl groups excluding tert-OH is 9. The zero-order valence-corrected chi connectivity index (χ0v) is 40.4. The molecule has 0 aromatic carbocycles. The van der Waals surface area contributed by atoms with Crippen molar-refractivity contribution in [1.29, 1.82) is 0 Å². The second-order valence-electron chi connectivity index (χ2n) is 23.6. The highest BCUT2D eigenvalue weighted by atomic mass is 16.7. The molecule has 8 rings (SSSR count). The van der Waals surface area contributed by atoms with Gasteiger partial charge in [0.1, 0.15) is 61.0 Å². The lowest BCUT2D eigenvalue weighted by molar-refractivity contribution is -0.357. The first-order valence-corrected chi connectivity index (χ1v) is 24.6. The van der Waals surface area contributed by atoms with Gasteiger partial charge in [0, 0.05) is 6.92 Å². The average Bonchev–Trinajstić information content (AvgIpc) is 3.26. The summed E-state index contributed by atoms with van der Waals surface area (Å²) >= 11 is 0. The lowest BCUT2D eigenvalue weighted by Gasteiger charge is -2.71. The fraction of sp³-hybridized carbons (Fsp3) is 0.918. The SMILES string of the molecule is CC(=O)OC1C(OC2CCC3(C)C(CCC4(C)C3CC=C3C5CC(C)(C)CCC5(C(=O)OC5OC(CO)C(O)C(O)C5O)CCC34C)C2(C)C)OCC(O)C1OC1OC(CO)C(O)C(O)C1O. The van der Waals surface area contributed by atoms with Crippen LogP contribution in [0.3, 0.4) is 0 Å². The van der Waals surface area contributed by atoms with Gasteiger partial charge >= 0.3 is 11.9 Å². The molecule has 22 unspecified atom stereocenters. The summed E-state index contributed by atoms with van der Waals surface area (Å²) in [6.45, 7) is 15.8. The van der Waals surface area contributed by atoms with Gasteiger partial charge in [-0.3, -0.25) is 9.59 Å². The number of fused-ring (bicyclic) bond motifs is 7. The van der Waals surface area contributed by atoms with Gasteiger partial charge < -0.3 is 79.1 Å².